The molecule has 2 unspecified atom stereocenters. The molecule has 0 aliphatic carbocycles. The Morgan fingerprint density at radius 1 is 0.583 bits per heavy atom. The molecule has 4 rings (SSSR count). The fourth-order valence-electron chi connectivity index (χ4n) is 3.65. The maximum absolute atomic E-state index is 13.1. The summed E-state index contributed by atoms with van der Waals surface area (Å²) in [4.78, 5) is 38.7. The highest BCUT2D eigenvalue weighted by atomic mass is 16.6. The maximum atomic E-state index is 13.1. The molecule has 6 nitrogen and oxygen atoms in total. The third kappa shape index (κ3) is 6.45. The van der Waals surface area contributed by atoms with Crippen LogP contribution in [0.5, 0.6) is 0 Å². The van der Waals surface area contributed by atoms with Crippen molar-refractivity contribution in [3.05, 3.63) is 144 Å². The third-order valence-electron chi connectivity index (χ3n) is 5.49. The zero-order valence-electron chi connectivity index (χ0n) is 19.5. The second kappa shape index (κ2) is 12.1. The van der Waals surface area contributed by atoms with Gasteiger partial charge >= 0.3 is 11.9 Å². The quantitative estimate of drug-likeness (QED) is 0.332. The van der Waals surface area contributed by atoms with E-state index in [1.54, 1.807) is 97.1 Å². The van der Waals surface area contributed by atoms with Crippen LogP contribution in [-0.4, -0.2) is 30.5 Å². The molecular formula is C30H25NO5. The lowest BCUT2D eigenvalue weighted by molar-refractivity contribution is 0.00485. The second-order valence-electron chi connectivity index (χ2n) is 8.01. The number of esters is 2. The predicted octanol–water partition coefficient (Wildman–Crippen LogP) is 5.24. The number of hydrogen-bond donors (Lipinski definition) is 1. The van der Waals surface area contributed by atoms with Gasteiger partial charge in [0.15, 0.2) is 6.10 Å². The highest BCUT2D eigenvalue weighted by Gasteiger charge is 2.31. The molecule has 1 N–H and O–H groups in total. The molecule has 0 saturated carbocycles. The Bertz CT molecular complexity index is 1280. The van der Waals surface area contributed by atoms with Crippen LogP contribution in [0.15, 0.2) is 121 Å². The topological polar surface area (TPSA) is 81.7 Å². The van der Waals surface area contributed by atoms with E-state index in [0.717, 1.165) is 0 Å². The molecule has 0 bridgehead atoms. The number of amides is 1. The lowest BCUT2D eigenvalue weighted by Gasteiger charge is -2.28. The van der Waals surface area contributed by atoms with Crippen molar-refractivity contribution in [2.24, 2.45) is 0 Å². The van der Waals surface area contributed by atoms with Gasteiger partial charge in [-0.3, -0.25) is 4.79 Å². The average Bonchev–Trinajstić information content (AvgIpc) is 2.95. The van der Waals surface area contributed by atoms with E-state index in [4.69, 9.17) is 9.47 Å². The van der Waals surface area contributed by atoms with Crippen LogP contribution in [0.1, 0.15) is 42.7 Å². The predicted molar refractivity (Wildman–Crippen MR) is 135 cm³/mol. The largest absolute Gasteiger partial charge is 0.460 e. The number of carbonyl (C=O) groups excluding carboxylic acids is 3. The SMILES string of the molecule is O=C(NC(COC(=O)c1ccccc1)C(OC(=O)c1ccccc1)c1ccccc1)c1ccccc1. The van der Waals surface area contributed by atoms with Crippen molar-refractivity contribution in [3.8, 4) is 0 Å². The number of rotatable bonds is 9. The molecule has 2 atom stereocenters. The normalized spacial score (nSPS) is 12.1. The molecule has 0 aliphatic rings. The molecule has 0 fully saturated rings. The Hall–Kier alpha value is -4.71. The molecule has 6 heteroatoms. The molecule has 180 valence electrons. The van der Waals surface area contributed by atoms with Gasteiger partial charge in [0.2, 0.25) is 0 Å². The van der Waals surface area contributed by atoms with E-state index in [-0.39, 0.29) is 12.5 Å². The van der Waals surface area contributed by atoms with Crippen LogP contribution in [0.3, 0.4) is 0 Å². The van der Waals surface area contributed by atoms with Gasteiger partial charge in [0, 0.05) is 5.56 Å². The van der Waals surface area contributed by atoms with Crippen LogP contribution in [0, 0.1) is 0 Å². The smallest absolute Gasteiger partial charge is 0.338 e. The molecule has 4 aromatic carbocycles. The summed E-state index contributed by atoms with van der Waals surface area (Å²) in [6.45, 7) is -0.214. The van der Waals surface area contributed by atoms with E-state index in [1.165, 1.54) is 0 Å². The molecule has 0 radical (unpaired) electrons. The molecule has 0 heterocycles. The zero-order valence-corrected chi connectivity index (χ0v) is 19.5. The number of hydrogen-bond acceptors (Lipinski definition) is 5. The molecular weight excluding hydrogens is 454 g/mol. The summed E-state index contributed by atoms with van der Waals surface area (Å²) < 4.78 is 11.5. The highest BCUT2D eigenvalue weighted by Crippen LogP contribution is 2.24. The van der Waals surface area contributed by atoms with Gasteiger partial charge in [0.05, 0.1) is 11.1 Å². The van der Waals surface area contributed by atoms with Gasteiger partial charge in [-0.1, -0.05) is 84.9 Å². The van der Waals surface area contributed by atoms with Crippen LogP contribution in [-0.2, 0) is 9.47 Å². The molecule has 4 aromatic rings. The Kier molecular flexibility index (Phi) is 8.22. The van der Waals surface area contributed by atoms with E-state index < -0.39 is 24.1 Å². The summed E-state index contributed by atoms with van der Waals surface area (Å²) in [6, 6.07) is 34.0. The van der Waals surface area contributed by atoms with Gasteiger partial charge in [0.1, 0.15) is 12.6 Å². The average molecular weight is 480 g/mol. The standard InChI is InChI=1S/C30H25NO5/c32-28(23-15-7-2-8-16-23)31-26(21-35-29(33)24-17-9-3-10-18-24)27(22-13-5-1-6-14-22)36-30(34)25-19-11-4-12-20-25/h1-20,26-27H,21H2,(H,31,32). The van der Waals surface area contributed by atoms with Gasteiger partial charge in [-0.15, -0.1) is 0 Å². The fraction of sp³-hybridized carbons (Fsp3) is 0.100. The minimum Gasteiger partial charge on any atom is -0.460 e. The lowest BCUT2D eigenvalue weighted by atomic mass is 10.0. The van der Waals surface area contributed by atoms with Crippen molar-refractivity contribution in [1.29, 1.82) is 0 Å². The van der Waals surface area contributed by atoms with Gasteiger partial charge in [-0.2, -0.15) is 0 Å². The molecule has 0 aromatic heterocycles. The van der Waals surface area contributed by atoms with E-state index in [0.29, 0.717) is 22.3 Å². The van der Waals surface area contributed by atoms with E-state index in [2.05, 4.69) is 5.32 Å². The van der Waals surface area contributed by atoms with Crippen LogP contribution in [0.2, 0.25) is 0 Å². The first-order valence-electron chi connectivity index (χ1n) is 11.5. The van der Waals surface area contributed by atoms with Crippen molar-refractivity contribution < 1.29 is 23.9 Å². The zero-order chi connectivity index (χ0) is 25.2. The van der Waals surface area contributed by atoms with Gasteiger partial charge in [-0.05, 0) is 42.0 Å². The van der Waals surface area contributed by atoms with Crippen molar-refractivity contribution in [2.45, 2.75) is 12.1 Å². The third-order valence-corrected chi connectivity index (χ3v) is 5.49. The monoisotopic (exact) mass is 479 g/mol. The second-order valence-corrected chi connectivity index (χ2v) is 8.01. The van der Waals surface area contributed by atoms with Gasteiger partial charge < -0.3 is 14.8 Å². The fourth-order valence-corrected chi connectivity index (χ4v) is 3.65. The number of ether oxygens (including phenoxy) is 2. The first kappa shape index (κ1) is 24.4. The number of nitrogens with one attached hydrogen (secondary N) is 1. The van der Waals surface area contributed by atoms with Gasteiger partial charge in [0.25, 0.3) is 5.91 Å². The van der Waals surface area contributed by atoms with Gasteiger partial charge in [-0.25, -0.2) is 9.59 Å². The van der Waals surface area contributed by atoms with Crippen molar-refractivity contribution in [1.82, 2.24) is 5.32 Å². The summed E-state index contributed by atoms with van der Waals surface area (Å²) in [5, 5.41) is 2.90. The number of benzene rings is 4. The van der Waals surface area contributed by atoms with E-state index >= 15 is 0 Å². The summed E-state index contributed by atoms with van der Waals surface area (Å²) in [7, 11) is 0. The Balaban J connectivity index is 1.63. The summed E-state index contributed by atoms with van der Waals surface area (Å²) in [6.07, 6.45) is -0.921. The molecule has 36 heavy (non-hydrogen) atoms. The first-order chi connectivity index (χ1) is 17.6. The van der Waals surface area contributed by atoms with Crippen LogP contribution in [0.25, 0.3) is 0 Å². The summed E-state index contributed by atoms with van der Waals surface area (Å²) >= 11 is 0. The van der Waals surface area contributed by atoms with Crippen LogP contribution >= 0.6 is 0 Å². The minimum atomic E-state index is -0.921. The molecule has 0 aliphatic heterocycles. The van der Waals surface area contributed by atoms with Crippen molar-refractivity contribution >= 4 is 17.8 Å². The highest BCUT2D eigenvalue weighted by molar-refractivity contribution is 5.94. The van der Waals surface area contributed by atoms with Crippen LogP contribution in [0.4, 0.5) is 0 Å². The summed E-state index contributed by atoms with van der Waals surface area (Å²) in [5.41, 5.74) is 1.82. The van der Waals surface area contributed by atoms with Crippen molar-refractivity contribution in [3.63, 3.8) is 0 Å². The van der Waals surface area contributed by atoms with Crippen molar-refractivity contribution in [2.75, 3.05) is 6.61 Å². The van der Waals surface area contributed by atoms with Crippen LogP contribution < -0.4 is 5.32 Å². The Labute approximate surface area is 209 Å². The Morgan fingerprint density at radius 2 is 1.03 bits per heavy atom. The lowest BCUT2D eigenvalue weighted by Crippen LogP contribution is -2.44. The number of carbonyl (C=O) groups is 3. The summed E-state index contributed by atoms with van der Waals surface area (Å²) in [5.74, 6) is -1.48. The molecule has 1 amide bonds. The molecule has 0 saturated heterocycles. The maximum Gasteiger partial charge on any atom is 0.338 e. The molecule has 0 spiro atoms. The first-order valence-corrected chi connectivity index (χ1v) is 11.5. The van der Waals surface area contributed by atoms with E-state index in [9.17, 15) is 14.4 Å². The minimum absolute atomic E-state index is 0.214. The Morgan fingerprint density at radius 3 is 1.56 bits per heavy atom. The van der Waals surface area contributed by atoms with E-state index in [1.807, 2.05) is 24.3 Å².